The monoisotopic (exact) mass is 412 g/mol. The Morgan fingerprint density at radius 2 is 1.36 bits per heavy atom. The first kappa shape index (κ1) is 22.3. The van der Waals surface area contributed by atoms with Crippen molar-refractivity contribution in [2.45, 2.75) is 25.2 Å². The lowest BCUT2D eigenvalue weighted by Crippen LogP contribution is -2.44. The van der Waals surface area contributed by atoms with Gasteiger partial charge < -0.3 is 13.3 Å². The lowest BCUT2D eigenvalue weighted by atomic mass is 10.1. The number of rotatable bonds is 9. The Labute approximate surface area is 164 Å². The Morgan fingerprint density at radius 3 is 1.82 bits per heavy atom. The third kappa shape index (κ3) is 6.27. The summed E-state index contributed by atoms with van der Waals surface area (Å²) >= 11 is 0. The van der Waals surface area contributed by atoms with E-state index in [1.807, 2.05) is 30.6 Å². The van der Waals surface area contributed by atoms with Crippen molar-refractivity contribution >= 4 is 21.0 Å². The van der Waals surface area contributed by atoms with Crippen LogP contribution in [-0.2, 0) is 26.0 Å². The van der Waals surface area contributed by atoms with Crippen molar-refractivity contribution in [1.82, 2.24) is 0 Å². The molecule has 0 aliphatic rings. The zero-order valence-corrected chi connectivity index (χ0v) is 17.2. The number of alkyl halides is 3. The molecule has 0 aliphatic heterocycles. The Morgan fingerprint density at radius 1 is 0.857 bits per heavy atom. The van der Waals surface area contributed by atoms with Crippen molar-refractivity contribution in [3.05, 3.63) is 65.5 Å². The van der Waals surface area contributed by atoms with E-state index in [0.717, 1.165) is 36.7 Å². The molecule has 8 heteroatoms. The maximum absolute atomic E-state index is 12.6. The summed E-state index contributed by atoms with van der Waals surface area (Å²) in [6.07, 6.45) is 4.12. The van der Waals surface area contributed by atoms with Crippen molar-refractivity contribution < 1.29 is 31.0 Å². The Balaban J connectivity index is 1.91. The number of hydrogen-bond acceptors (Lipinski definition) is 3. The zero-order valence-electron chi connectivity index (χ0n) is 16.2. The highest BCUT2D eigenvalue weighted by molar-refractivity contribution is 6.60. The van der Waals surface area contributed by atoms with E-state index in [0.29, 0.717) is 5.56 Å². The van der Waals surface area contributed by atoms with Crippen molar-refractivity contribution in [1.29, 1.82) is 0 Å². The van der Waals surface area contributed by atoms with Gasteiger partial charge in [-0.1, -0.05) is 24.3 Å². The van der Waals surface area contributed by atoms with Crippen molar-refractivity contribution in [2.75, 3.05) is 21.3 Å². The second-order valence-electron chi connectivity index (χ2n) is 6.22. The minimum Gasteiger partial charge on any atom is -0.377 e. The molecule has 0 saturated carbocycles. The number of benzene rings is 1. The highest BCUT2D eigenvalue weighted by Gasteiger charge is 2.37. The molecule has 0 radical (unpaired) electrons. The molecule has 0 N–H and O–H groups in total. The van der Waals surface area contributed by atoms with Gasteiger partial charge in [-0.25, -0.2) is 4.57 Å². The summed E-state index contributed by atoms with van der Waals surface area (Å²) < 4.78 is 56.0. The van der Waals surface area contributed by atoms with E-state index in [1.54, 1.807) is 27.4 Å². The van der Waals surface area contributed by atoms with Crippen molar-refractivity contribution in [3.8, 4) is 0 Å². The standard InChI is InChI=1S/C20H25F3NO3Si/c1-25-28(26-2,27-3)16-4-13-24-14-11-18(12-15-24)6-5-17-7-9-19(10-8-17)20(21,22)23/h5-12,14-15H,4,13,16H2,1-3H3/q+1/b6-5+. The van der Waals surface area contributed by atoms with Crippen LogP contribution in [0, 0.1) is 0 Å². The van der Waals surface area contributed by atoms with Gasteiger partial charge in [0.2, 0.25) is 0 Å². The van der Waals surface area contributed by atoms with Crippen LogP contribution >= 0.6 is 0 Å². The Kier molecular flexibility index (Phi) is 7.94. The maximum Gasteiger partial charge on any atom is 0.500 e. The van der Waals surface area contributed by atoms with Gasteiger partial charge in [0.05, 0.1) is 5.56 Å². The first-order valence-corrected chi connectivity index (χ1v) is 10.7. The normalized spacial score (nSPS) is 12.6. The maximum atomic E-state index is 12.6. The number of halogens is 3. The van der Waals surface area contributed by atoms with E-state index in [4.69, 9.17) is 13.3 Å². The van der Waals surface area contributed by atoms with E-state index in [1.165, 1.54) is 12.1 Å². The van der Waals surface area contributed by atoms with Gasteiger partial charge in [0.1, 0.15) is 6.54 Å². The minimum absolute atomic E-state index is 0.645. The fraction of sp³-hybridized carbons (Fsp3) is 0.350. The Hall–Kier alpha value is -2.00. The predicted molar refractivity (Wildman–Crippen MR) is 103 cm³/mol. The Bertz CT molecular complexity index is 749. The largest absolute Gasteiger partial charge is 0.500 e. The highest BCUT2D eigenvalue weighted by atomic mass is 28.4. The fourth-order valence-corrected chi connectivity index (χ4v) is 4.44. The molecule has 0 bridgehead atoms. The van der Waals surface area contributed by atoms with Crippen LogP contribution < -0.4 is 4.57 Å². The summed E-state index contributed by atoms with van der Waals surface area (Å²) in [4.78, 5) is 0. The van der Waals surface area contributed by atoms with Crippen molar-refractivity contribution in [2.24, 2.45) is 0 Å². The number of pyridine rings is 1. The summed E-state index contributed by atoms with van der Waals surface area (Å²) in [6.45, 7) is 0.799. The summed E-state index contributed by atoms with van der Waals surface area (Å²) in [7, 11) is 2.26. The van der Waals surface area contributed by atoms with Crippen LogP contribution in [0.5, 0.6) is 0 Å². The summed E-state index contributed by atoms with van der Waals surface area (Å²) in [5, 5.41) is 0. The summed E-state index contributed by atoms with van der Waals surface area (Å²) in [5.74, 6) is 0. The van der Waals surface area contributed by atoms with Crippen LogP contribution in [-0.4, -0.2) is 30.1 Å². The van der Waals surface area contributed by atoms with Crippen LogP contribution in [0.25, 0.3) is 12.2 Å². The molecule has 0 spiro atoms. The van der Waals surface area contributed by atoms with Gasteiger partial charge in [-0.3, -0.25) is 0 Å². The molecule has 0 fully saturated rings. The van der Waals surface area contributed by atoms with Crippen LogP contribution in [0.3, 0.4) is 0 Å². The topological polar surface area (TPSA) is 31.6 Å². The third-order valence-corrected chi connectivity index (χ3v) is 7.29. The smallest absolute Gasteiger partial charge is 0.377 e. The third-order valence-electron chi connectivity index (χ3n) is 4.46. The molecule has 4 nitrogen and oxygen atoms in total. The van der Waals surface area contributed by atoms with Crippen LogP contribution in [0.4, 0.5) is 13.2 Å². The minimum atomic E-state index is -4.31. The SMILES string of the molecule is CO[Si](CCC[n+]1ccc(/C=C/c2ccc(C(F)(F)F)cc2)cc1)(OC)OC. The number of aryl methyl sites for hydroxylation is 1. The van der Waals surface area contributed by atoms with E-state index in [9.17, 15) is 13.2 Å². The molecular formula is C20H25F3NO3Si+. The van der Waals surface area contributed by atoms with Crippen molar-refractivity contribution in [3.63, 3.8) is 0 Å². The molecule has 1 aromatic heterocycles. The molecule has 0 saturated heterocycles. The molecule has 0 amide bonds. The summed E-state index contributed by atoms with van der Waals surface area (Å²) in [5.41, 5.74) is 1.03. The molecule has 0 aliphatic carbocycles. The molecular weight excluding hydrogens is 387 g/mol. The lowest BCUT2D eigenvalue weighted by molar-refractivity contribution is -0.697. The highest BCUT2D eigenvalue weighted by Crippen LogP contribution is 2.29. The molecule has 1 heterocycles. The van der Waals surface area contributed by atoms with Gasteiger partial charge in [-0.15, -0.1) is 0 Å². The fourth-order valence-electron chi connectivity index (χ4n) is 2.74. The summed E-state index contributed by atoms with van der Waals surface area (Å²) in [6, 6.07) is 9.71. The number of aromatic nitrogens is 1. The van der Waals surface area contributed by atoms with Crippen LogP contribution in [0.1, 0.15) is 23.1 Å². The van der Waals surface area contributed by atoms with Gasteiger partial charge in [-0.05, 0) is 23.3 Å². The van der Waals surface area contributed by atoms with Gasteiger partial charge >= 0.3 is 15.0 Å². The van der Waals surface area contributed by atoms with Gasteiger partial charge in [-0.2, -0.15) is 13.2 Å². The van der Waals surface area contributed by atoms with Gasteiger partial charge in [0.15, 0.2) is 12.4 Å². The van der Waals surface area contributed by atoms with E-state index < -0.39 is 20.5 Å². The van der Waals surface area contributed by atoms with Gasteiger partial charge in [0.25, 0.3) is 0 Å². The lowest BCUT2D eigenvalue weighted by Gasteiger charge is -2.23. The molecule has 28 heavy (non-hydrogen) atoms. The van der Waals surface area contributed by atoms with Crippen LogP contribution in [0.15, 0.2) is 48.8 Å². The quantitative estimate of drug-likeness (QED) is 0.451. The second-order valence-corrected chi connectivity index (χ2v) is 9.31. The molecule has 2 rings (SSSR count). The first-order chi connectivity index (χ1) is 13.3. The predicted octanol–water partition coefficient (Wildman–Crippen LogP) is 4.43. The molecule has 0 atom stereocenters. The second kappa shape index (κ2) is 9.97. The number of nitrogens with zero attached hydrogens (tertiary/aromatic N) is 1. The average Bonchev–Trinajstić information content (AvgIpc) is 2.71. The molecule has 0 unspecified atom stereocenters. The number of hydrogen-bond donors (Lipinski definition) is 0. The van der Waals surface area contributed by atoms with E-state index >= 15 is 0 Å². The molecule has 2 aromatic rings. The van der Waals surface area contributed by atoms with Crippen LogP contribution in [0.2, 0.25) is 6.04 Å². The van der Waals surface area contributed by atoms with E-state index in [-0.39, 0.29) is 0 Å². The molecule has 1 aromatic carbocycles. The zero-order chi connectivity index (χ0) is 20.6. The van der Waals surface area contributed by atoms with Gasteiger partial charge in [0, 0.05) is 45.9 Å². The van der Waals surface area contributed by atoms with E-state index in [2.05, 4.69) is 4.57 Å². The average molecular weight is 413 g/mol. The molecule has 152 valence electrons. The first-order valence-electron chi connectivity index (χ1n) is 8.82.